The Morgan fingerprint density at radius 3 is 2.59 bits per heavy atom. The van der Waals surface area contributed by atoms with E-state index in [1.54, 1.807) is 19.4 Å². The highest BCUT2D eigenvalue weighted by Crippen LogP contribution is 2.26. The standard InChI is InChI=1S/C24H18N6O2/c1-32-19-12-10-18(11-13-19)30-28-23(27-29-30)20-7-3-5-9-22(20)26-24(31)17-14-16-6-2-4-8-21(16)25-15-17/h2-15H,1H3,(H,26,31). The molecule has 0 aliphatic carbocycles. The van der Waals surface area contributed by atoms with Crippen LogP contribution in [0.1, 0.15) is 10.4 Å². The fourth-order valence-electron chi connectivity index (χ4n) is 3.32. The number of carbonyl (C=O) groups excluding carboxylic acids is 1. The van der Waals surface area contributed by atoms with E-state index in [9.17, 15) is 4.79 Å². The summed E-state index contributed by atoms with van der Waals surface area (Å²) in [5, 5.41) is 16.6. The summed E-state index contributed by atoms with van der Waals surface area (Å²) < 4.78 is 5.18. The minimum Gasteiger partial charge on any atom is -0.497 e. The van der Waals surface area contributed by atoms with Crippen LogP contribution in [0.2, 0.25) is 0 Å². The lowest BCUT2D eigenvalue weighted by atomic mass is 10.1. The Morgan fingerprint density at radius 1 is 0.969 bits per heavy atom. The summed E-state index contributed by atoms with van der Waals surface area (Å²) in [6, 6.07) is 24.1. The van der Waals surface area contributed by atoms with E-state index in [0.29, 0.717) is 22.6 Å². The van der Waals surface area contributed by atoms with Crippen molar-refractivity contribution in [3.05, 3.63) is 90.6 Å². The number of fused-ring (bicyclic) bond motifs is 1. The minimum atomic E-state index is -0.266. The van der Waals surface area contributed by atoms with Gasteiger partial charge in [0.05, 0.1) is 29.6 Å². The minimum absolute atomic E-state index is 0.266. The molecule has 1 amide bonds. The van der Waals surface area contributed by atoms with Gasteiger partial charge in [-0.3, -0.25) is 9.78 Å². The lowest BCUT2D eigenvalue weighted by molar-refractivity contribution is 0.102. The Bertz CT molecular complexity index is 1410. The summed E-state index contributed by atoms with van der Waals surface area (Å²) in [7, 11) is 1.61. The Balaban J connectivity index is 1.42. The average Bonchev–Trinajstić information content (AvgIpc) is 3.34. The molecule has 2 aromatic heterocycles. The summed E-state index contributed by atoms with van der Waals surface area (Å²) in [6.45, 7) is 0. The number of para-hydroxylation sites is 2. The van der Waals surface area contributed by atoms with Gasteiger partial charge in [-0.1, -0.05) is 30.3 Å². The van der Waals surface area contributed by atoms with E-state index in [4.69, 9.17) is 4.74 Å². The van der Waals surface area contributed by atoms with Crippen LogP contribution in [-0.2, 0) is 0 Å². The molecule has 5 aromatic rings. The van der Waals surface area contributed by atoms with Gasteiger partial charge in [0.15, 0.2) is 0 Å². The molecular formula is C24H18N6O2. The van der Waals surface area contributed by atoms with Crippen LogP contribution in [0.4, 0.5) is 5.69 Å². The van der Waals surface area contributed by atoms with Gasteiger partial charge in [-0.15, -0.1) is 15.0 Å². The normalized spacial score (nSPS) is 10.8. The van der Waals surface area contributed by atoms with Crippen molar-refractivity contribution in [2.45, 2.75) is 0 Å². The SMILES string of the molecule is COc1ccc(-n2nnc(-c3ccccc3NC(=O)c3cnc4ccccc4c3)n2)cc1. The topological polar surface area (TPSA) is 94.8 Å². The Morgan fingerprint density at radius 2 is 1.75 bits per heavy atom. The largest absolute Gasteiger partial charge is 0.497 e. The zero-order valence-corrected chi connectivity index (χ0v) is 17.1. The molecule has 8 heteroatoms. The second kappa shape index (κ2) is 8.27. The Kier molecular flexibility index (Phi) is 5.01. The Hall–Kier alpha value is -4.59. The number of aromatic nitrogens is 5. The molecule has 0 aliphatic heterocycles. The molecule has 0 aliphatic rings. The summed E-state index contributed by atoms with van der Waals surface area (Å²) in [5.41, 5.74) is 3.29. The van der Waals surface area contributed by atoms with Crippen molar-refractivity contribution in [2.24, 2.45) is 0 Å². The van der Waals surface area contributed by atoms with Crippen molar-refractivity contribution in [1.29, 1.82) is 0 Å². The predicted molar refractivity (Wildman–Crippen MR) is 121 cm³/mol. The van der Waals surface area contributed by atoms with Crippen LogP contribution in [0.3, 0.4) is 0 Å². The van der Waals surface area contributed by atoms with Crippen LogP contribution < -0.4 is 10.1 Å². The molecule has 32 heavy (non-hydrogen) atoms. The van der Waals surface area contributed by atoms with Gasteiger partial charge in [0.25, 0.3) is 5.91 Å². The highest BCUT2D eigenvalue weighted by molar-refractivity contribution is 6.07. The van der Waals surface area contributed by atoms with E-state index in [1.807, 2.05) is 72.8 Å². The number of anilines is 1. The van der Waals surface area contributed by atoms with E-state index in [0.717, 1.165) is 22.3 Å². The average molecular weight is 422 g/mol. The maximum absolute atomic E-state index is 12.9. The number of tetrazole rings is 1. The second-order valence-electron chi connectivity index (χ2n) is 7.02. The van der Waals surface area contributed by atoms with E-state index >= 15 is 0 Å². The highest BCUT2D eigenvalue weighted by atomic mass is 16.5. The molecule has 3 aromatic carbocycles. The number of nitrogens with zero attached hydrogens (tertiary/aromatic N) is 5. The van der Waals surface area contributed by atoms with Crippen LogP contribution >= 0.6 is 0 Å². The van der Waals surface area contributed by atoms with Gasteiger partial charge in [0.2, 0.25) is 5.82 Å². The summed E-state index contributed by atoms with van der Waals surface area (Å²) in [4.78, 5) is 18.7. The summed E-state index contributed by atoms with van der Waals surface area (Å²) in [5.74, 6) is 0.872. The van der Waals surface area contributed by atoms with Gasteiger partial charge >= 0.3 is 0 Å². The van der Waals surface area contributed by atoms with Crippen LogP contribution in [-0.4, -0.2) is 38.2 Å². The molecule has 156 valence electrons. The number of pyridine rings is 1. The van der Waals surface area contributed by atoms with Crippen molar-refractivity contribution in [1.82, 2.24) is 25.2 Å². The number of hydrogen-bond acceptors (Lipinski definition) is 6. The second-order valence-corrected chi connectivity index (χ2v) is 7.02. The number of benzene rings is 3. The van der Waals surface area contributed by atoms with E-state index in [2.05, 4.69) is 25.7 Å². The molecule has 1 N–H and O–H groups in total. The van der Waals surface area contributed by atoms with Crippen molar-refractivity contribution >= 4 is 22.5 Å². The third-order valence-electron chi connectivity index (χ3n) is 4.99. The smallest absolute Gasteiger partial charge is 0.257 e. The zero-order chi connectivity index (χ0) is 21.9. The van der Waals surface area contributed by atoms with Crippen LogP contribution in [0, 0.1) is 0 Å². The molecule has 0 bridgehead atoms. The van der Waals surface area contributed by atoms with Crippen LogP contribution in [0.5, 0.6) is 5.75 Å². The van der Waals surface area contributed by atoms with Crippen molar-refractivity contribution in [2.75, 3.05) is 12.4 Å². The first-order valence-electron chi connectivity index (χ1n) is 9.91. The first-order chi connectivity index (χ1) is 15.7. The van der Waals surface area contributed by atoms with E-state index in [1.165, 1.54) is 4.80 Å². The number of hydrogen-bond donors (Lipinski definition) is 1. The molecule has 0 atom stereocenters. The molecule has 0 unspecified atom stereocenters. The molecular weight excluding hydrogens is 404 g/mol. The number of ether oxygens (including phenoxy) is 1. The fraction of sp³-hybridized carbons (Fsp3) is 0.0417. The predicted octanol–water partition coefficient (Wildman–Crippen LogP) is 4.14. The maximum Gasteiger partial charge on any atom is 0.257 e. The van der Waals surface area contributed by atoms with Crippen LogP contribution in [0.15, 0.2) is 85.1 Å². The highest BCUT2D eigenvalue weighted by Gasteiger charge is 2.15. The van der Waals surface area contributed by atoms with Gasteiger partial charge in [0.1, 0.15) is 5.75 Å². The summed E-state index contributed by atoms with van der Waals surface area (Å²) in [6.07, 6.45) is 1.57. The van der Waals surface area contributed by atoms with Gasteiger partial charge < -0.3 is 10.1 Å². The Labute approximate surface area is 183 Å². The first-order valence-corrected chi connectivity index (χ1v) is 9.91. The van der Waals surface area contributed by atoms with E-state index < -0.39 is 0 Å². The molecule has 0 saturated heterocycles. The molecule has 0 spiro atoms. The van der Waals surface area contributed by atoms with Gasteiger partial charge in [-0.25, -0.2) is 0 Å². The molecule has 0 saturated carbocycles. The number of methoxy groups -OCH3 is 1. The third kappa shape index (κ3) is 3.77. The number of rotatable bonds is 5. The molecule has 5 rings (SSSR count). The fourth-order valence-corrected chi connectivity index (χ4v) is 3.32. The summed E-state index contributed by atoms with van der Waals surface area (Å²) >= 11 is 0. The van der Waals surface area contributed by atoms with Crippen molar-refractivity contribution in [3.63, 3.8) is 0 Å². The van der Waals surface area contributed by atoms with Crippen LogP contribution in [0.25, 0.3) is 28.0 Å². The molecule has 0 fully saturated rings. The van der Waals surface area contributed by atoms with E-state index in [-0.39, 0.29) is 5.91 Å². The first kappa shape index (κ1) is 19.4. The maximum atomic E-state index is 12.9. The lowest BCUT2D eigenvalue weighted by Crippen LogP contribution is -2.13. The monoisotopic (exact) mass is 422 g/mol. The number of amides is 1. The van der Waals surface area contributed by atoms with Crippen molar-refractivity contribution < 1.29 is 9.53 Å². The van der Waals surface area contributed by atoms with Gasteiger partial charge in [0, 0.05) is 17.1 Å². The number of carbonyl (C=O) groups is 1. The van der Waals surface area contributed by atoms with Gasteiger partial charge in [-0.2, -0.15) is 0 Å². The molecule has 8 nitrogen and oxygen atoms in total. The van der Waals surface area contributed by atoms with Gasteiger partial charge in [-0.05, 0) is 53.7 Å². The third-order valence-corrected chi connectivity index (χ3v) is 4.99. The lowest BCUT2D eigenvalue weighted by Gasteiger charge is -2.09. The molecule has 2 heterocycles. The zero-order valence-electron chi connectivity index (χ0n) is 17.1. The van der Waals surface area contributed by atoms with Crippen molar-refractivity contribution in [3.8, 4) is 22.8 Å². The number of nitrogens with one attached hydrogen (secondary N) is 1. The quantitative estimate of drug-likeness (QED) is 0.457. The molecule has 0 radical (unpaired) electrons.